The van der Waals surface area contributed by atoms with E-state index < -0.39 is 0 Å². The molecule has 8 unspecified atom stereocenters. The van der Waals surface area contributed by atoms with Crippen LogP contribution in [0, 0.1) is 92.7 Å². The fraction of sp³-hybridized carbons (Fsp3) is 0.444. The monoisotopic (exact) mass is 456 g/mol. The molecular weight excluding hydrogens is 432 g/mol. The van der Waals surface area contributed by atoms with Crippen LogP contribution in [0.1, 0.15) is 22.3 Å². The molecule has 8 atom stereocenters. The summed E-state index contributed by atoms with van der Waals surface area (Å²) in [7, 11) is 0. The van der Waals surface area contributed by atoms with E-state index in [1.807, 2.05) is 22.3 Å². The zero-order chi connectivity index (χ0) is 22.0. The fourth-order valence-corrected chi connectivity index (χ4v) is 18.5. The Morgan fingerprint density at radius 2 is 0.639 bits per heavy atom. The lowest BCUT2D eigenvalue weighted by molar-refractivity contribution is -0.364. The summed E-state index contributed by atoms with van der Waals surface area (Å²) < 4.78 is 0. The Labute approximate surface area is 209 Å². The normalized spacial score (nSPS) is 66.9. The third-order valence-corrected chi connectivity index (χ3v) is 16.8. The maximum Gasteiger partial charge on any atom is -0.00114 e. The smallest absolute Gasteiger partial charge is 0.00114 e. The minimum Gasteiger partial charge on any atom is -0.0842 e. The highest BCUT2D eigenvalue weighted by molar-refractivity contribution is 6.15. The molecule has 4 spiro atoms. The molecule has 21 rings (SSSR count). The Bertz CT molecular complexity index is 1590. The van der Waals surface area contributed by atoms with Gasteiger partial charge in [-0.1, -0.05) is 72.8 Å². The lowest BCUT2D eigenvalue weighted by Gasteiger charge is -2.87. The van der Waals surface area contributed by atoms with Crippen molar-refractivity contribution in [3.8, 4) is 0 Å². The molecule has 36 heavy (non-hydrogen) atoms. The largest absolute Gasteiger partial charge is 0.0842 e. The van der Waals surface area contributed by atoms with Crippen molar-refractivity contribution in [2.24, 2.45) is 92.7 Å². The van der Waals surface area contributed by atoms with Gasteiger partial charge in [0.25, 0.3) is 0 Å². The van der Waals surface area contributed by atoms with Crippen molar-refractivity contribution in [2.45, 2.75) is 0 Å². The van der Waals surface area contributed by atoms with Gasteiger partial charge >= 0.3 is 0 Å². The number of hydrogen-bond donors (Lipinski definition) is 0. The van der Waals surface area contributed by atoms with Gasteiger partial charge in [-0.2, -0.15) is 0 Å². The van der Waals surface area contributed by atoms with Gasteiger partial charge in [0, 0.05) is 0 Å². The first-order valence-corrected chi connectivity index (χ1v) is 15.0. The van der Waals surface area contributed by atoms with Gasteiger partial charge < -0.3 is 0 Å². The fourth-order valence-electron chi connectivity index (χ4n) is 18.5. The van der Waals surface area contributed by atoms with E-state index in [0.29, 0.717) is 21.7 Å². The van der Waals surface area contributed by atoms with E-state index in [1.54, 1.807) is 22.3 Å². The molecule has 9 fully saturated rings. The molecule has 0 N–H and O–H groups in total. The summed E-state index contributed by atoms with van der Waals surface area (Å²) in [5.74, 6) is 10.7. The number of allylic oxidation sites excluding steroid dienone is 8. The average Bonchev–Trinajstić information content (AvgIpc) is 3.32. The Kier molecular flexibility index (Phi) is 1.59. The zero-order valence-electron chi connectivity index (χ0n) is 19.9. The van der Waals surface area contributed by atoms with E-state index in [2.05, 4.69) is 72.8 Å². The number of fused-ring (bicyclic) bond motifs is 2. The molecule has 0 aromatic heterocycles. The van der Waals surface area contributed by atoms with Crippen LogP contribution in [0.15, 0.2) is 72.8 Å². The van der Waals surface area contributed by atoms with Crippen LogP contribution in [-0.4, -0.2) is 0 Å². The summed E-state index contributed by atoms with van der Waals surface area (Å²) in [6.45, 7) is 0. The summed E-state index contributed by atoms with van der Waals surface area (Å²) in [6.07, 6.45) is 11.4. The molecule has 19 aliphatic rings. The zero-order valence-corrected chi connectivity index (χ0v) is 19.9. The van der Waals surface area contributed by atoms with Gasteiger partial charge in [0.05, 0.1) is 0 Å². The first kappa shape index (κ1) is 15.6. The van der Waals surface area contributed by atoms with Crippen LogP contribution < -0.4 is 0 Å². The molecule has 16 bridgehead atoms. The molecular formula is C36H24. The first-order chi connectivity index (χ1) is 17.9. The number of rotatable bonds is 0. The van der Waals surface area contributed by atoms with Crippen LogP contribution >= 0.6 is 0 Å². The maximum atomic E-state index is 2.86. The maximum absolute atomic E-state index is 2.86. The second kappa shape index (κ2) is 3.66. The Balaban J connectivity index is 1.21. The standard InChI is InChI=1S/C36H24/c1-2-6-14-13(5-1)21-22(14)30-28-27-29(21)33-17-9-10-18-26-20-12-11-19(25(17)26)35(33)31(27)23-15-7-3-4-8-16(15)24(23)32(28)36(20,35)34(18,30)33/h1-12,17-20,25-32H. The van der Waals surface area contributed by atoms with Crippen molar-refractivity contribution in [1.29, 1.82) is 0 Å². The van der Waals surface area contributed by atoms with E-state index in [9.17, 15) is 0 Å². The third kappa shape index (κ3) is 0.776. The van der Waals surface area contributed by atoms with Gasteiger partial charge in [0.15, 0.2) is 0 Å². The van der Waals surface area contributed by atoms with Crippen molar-refractivity contribution in [1.82, 2.24) is 0 Å². The molecule has 0 heterocycles. The average molecular weight is 457 g/mol. The second-order valence-electron chi connectivity index (χ2n) is 15.3. The van der Waals surface area contributed by atoms with Crippen molar-refractivity contribution in [3.63, 3.8) is 0 Å². The Morgan fingerprint density at radius 1 is 0.361 bits per heavy atom. The van der Waals surface area contributed by atoms with Crippen LogP contribution in [0.3, 0.4) is 0 Å². The molecule has 0 radical (unpaired) electrons. The Morgan fingerprint density at radius 3 is 0.917 bits per heavy atom. The van der Waals surface area contributed by atoms with Crippen molar-refractivity contribution < 1.29 is 0 Å². The SMILES string of the molecule is C1=CC2C3C4C1C15C6C7=C(c8ccccc87)C7C8C6C6C9=C(c%10ccccc%109)C8C8(C3C=CC4C618)C275. The lowest BCUT2D eigenvalue weighted by atomic mass is 9.15. The van der Waals surface area contributed by atoms with Crippen LogP contribution in [0.2, 0.25) is 0 Å². The van der Waals surface area contributed by atoms with Gasteiger partial charge in [0.2, 0.25) is 0 Å². The quantitative estimate of drug-likeness (QED) is 0.400. The highest BCUT2D eigenvalue weighted by atomic mass is 15.2. The minimum atomic E-state index is 0.589. The highest BCUT2D eigenvalue weighted by Gasteiger charge is 3.15. The summed E-state index contributed by atoms with van der Waals surface area (Å²) in [4.78, 5) is 0. The summed E-state index contributed by atoms with van der Waals surface area (Å²) in [5.41, 5.74) is 16.8. The molecule has 2 aromatic rings. The van der Waals surface area contributed by atoms with Gasteiger partial charge in [-0.05, 0) is 137 Å². The summed E-state index contributed by atoms with van der Waals surface area (Å²) >= 11 is 0. The first-order valence-electron chi connectivity index (χ1n) is 15.0. The van der Waals surface area contributed by atoms with E-state index >= 15 is 0 Å². The molecule has 0 nitrogen and oxygen atoms in total. The predicted molar refractivity (Wildman–Crippen MR) is 136 cm³/mol. The summed E-state index contributed by atoms with van der Waals surface area (Å²) in [6, 6.07) is 19.4. The van der Waals surface area contributed by atoms with Crippen molar-refractivity contribution >= 4 is 22.3 Å². The van der Waals surface area contributed by atoms with E-state index in [0.717, 1.165) is 71.0 Å². The van der Waals surface area contributed by atoms with Gasteiger partial charge in [0.1, 0.15) is 0 Å². The van der Waals surface area contributed by atoms with Crippen LogP contribution in [-0.2, 0) is 0 Å². The molecule has 0 heteroatoms. The lowest BCUT2D eigenvalue weighted by Crippen LogP contribution is -2.84. The van der Waals surface area contributed by atoms with Gasteiger partial charge in [-0.25, -0.2) is 0 Å². The molecule has 0 aliphatic heterocycles. The molecule has 0 amide bonds. The van der Waals surface area contributed by atoms with Gasteiger partial charge in [-0.15, -0.1) is 0 Å². The number of benzene rings is 2. The second-order valence-corrected chi connectivity index (χ2v) is 15.3. The molecule has 9 saturated carbocycles. The number of hydrogen-bond acceptors (Lipinski definition) is 0. The molecule has 2 aromatic carbocycles. The Hall–Kier alpha value is -2.60. The van der Waals surface area contributed by atoms with Crippen LogP contribution in [0.4, 0.5) is 0 Å². The predicted octanol–water partition coefficient (Wildman–Crippen LogP) is 6.44. The van der Waals surface area contributed by atoms with Crippen LogP contribution in [0.5, 0.6) is 0 Å². The van der Waals surface area contributed by atoms with Crippen LogP contribution in [0.25, 0.3) is 22.3 Å². The molecule has 0 saturated heterocycles. The topological polar surface area (TPSA) is 0 Å². The molecule has 19 aliphatic carbocycles. The van der Waals surface area contributed by atoms with E-state index in [-0.39, 0.29) is 0 Å². The van der Waals surface area contributed by atoms with Crippen molar-refractivity contribution in [2.75, 3.05) is 0 Å². The van der Waals surface area contributed by atoms with E-state index in [4.69, 9.17) is 0 Å². The minimum absolute atomic E-state index is 0.589. The summed E-state index contributed by atoms with van der Waals surface area (Å²) in [5, 5.41) is 0. The third-order valence-electron chi connectivity index (χ3n) is 16.8. The molecule has 168 valence electrons. The van der Waals surface area contributed by atoms with Crippen molar-refractivity contribution in [3.05, 3.63) is 95.1 Å². The highest BCUT2D eigenvalue weighted by Crippen LogP contribution is 3.18. The van der Waals surface area contributed by atoms with Gasteiger partial charge in [-0.3, -0.25) is 0 Å². The van der Waals surface area contributed by atoms with E-state index in [1.165, 1.54) is 0 Å².